The standard InChI is InChI=1S/C11H16N4O2/c1-7(2)5-8-13-14-10-11(17-4)12-9(16-3)6-15(8)10/h6-7H,5H2,1-4H3. The first kappa shape index (κ1) is 11.6. The minimum atomic E-state index is 0.423. The summed E-state index contributed by atoms with van der Waals surface area (Å²) in [7, 11) is 3.12. The highest BCUT2D eigenvalue weighted by Crippen LogP contribution is 2.21. The fourth-order valence-corrected chi connectivity index (χ4v) is 1.63. The molecule has 0 N–H and O–H groups in total. The van der Waals surface area contributed by atoms with Crippen molar-refractivity contribution >= 4 is 5.65 Å². The van der Waals surface area contributed by atoms with Gasteiger partial charge in [0.05, 0.1) is 20.4 Å². The summed E-state index contributed by atoms with van der Waals surface area (Å²) in [6.45, 7) is 4.27. The molecule has 0 aliphatic carbocycles. The second-order valence-electron chi connectivity index (χ2n) is 4.20. The average molecular weight is 236 g/mol. The van der Waals surface area contributed by atoms with Crippen LogP contribution in [-0.4, -0.2) is 33.8 Å². The summed E-state index contributed by atoms with van der Waals surface area (Å²) in [6, 6.07) is 0. The summed E-state index contributed by atoms with van der Waals surface area (Å²) >= 11 is 0. The molecule has 0 radical (unpaired) electrons. The highest BCUT2D eigenvalue weighted by Gasteiger charge is 2.14. The van der Waals surface area contributed by atoms with Crippen molar-refractivity contribution in [3.63, 3.8) is 0 Å². The fraction of sp³-hybridized carbons (Fsp3) is 0.545. The maximum atomic E-state index is 5.17. The molecule has 0 aliphatic rings. The van der Waals surface area contributed by atoms with Crippen LogP contribution in [-0.2, 0) is 6.42 Å². The Hall–Kier alpha value is -1.85. The van der Waals surface area contributed by atoms with Gasteiger partial charge in [0.15, 0.2) is 0 Å². The van der Waals surface area contributed by atoms with E-state index in [1.807, 2.05) is 4.40 Å². The molecule has 6 nitrogen and oxygen atoms in total. The quantitative estimate of drug-likeness (QED) is 0.801. The molecule has 0 aliphatic heterocycles. The number of aromatic nitrogens is 4. The van der Waals surface area contributed by atoms with Crippen LogP contribution in [0.3, 0.4) is 0 Å². The molecule has 2 heterocycles. The number of methoxy groups -OCH3 is 2. The highest BCUT2D eigenvalue weighted by molar-refractivity contribution is 5.50. The molecule has 0 bridgehead atoms. The van der Waals surface area contributed by atoms with E-state index in [0.717, 1.165) is 12.2 Å². The zero-order valence-corrected chi connectivity index (χ0v) is 10.5. The number of hydrogen-bond donors (Lipinski definition) is 0. The predicted molar refractivity (Wildman–Crippen MR) is 62.4 cm³/mol. The maximum Gasteiger partial charge on any atom is 0.263 e. The summed E-state index contributed by atoms with van der Waals surface area (Å²) in [5, 5.41) is 8.24. The van der Waals surface area contributed by atoms with Crippen molar-refractivity contribution in [2.75, 3.05) is 14.2 Å². The van der Waals surface area contributed by atoms with E-state index in [9.17, 15) is 0 Å². The van der Waals surface area contributed by atoms with Crippen LogP contribution < -0.4 is 9.47 Å². The Morgan fingerprint density at radius 3 is 2.59 bits per heavy atom. The van der Waals surface area contributed by atoms with E-state index in [4.69, 9.17) is 9.47 Å². The van der Waals surface area contributed by atoms with E-state index in [1.54, 1.807) is 20.4 Å². The van der Waals surface area contributed by atoms with E-state index in [2.05, 4.69) is 29.0 Å². The molecule has 0 spiro atoms. The van der Waals surface area contributed by atoms with Gasteiger partial charge in [-0.25, -0.2) is 0 Å². The van der Waals surface area contributed by atoms with Crippen LogP contribution in [0.4, 0.5) is 0 Å². The van der Waals surface area contributed by atoms with Crippen molar-refractivity contribution in [2.45, 2.75) is 20.3 Å². The molecule has 92 valence electrons. The molecule has 0 atom stereocenters. The molecule has 0 aromatic carbocycles. The molecule has 2 aromatic rings. The molecular weight excluding hydrogens is 220 g/mol. The number of rotatable bonds is 4. The Balaban J connectivity index is 2.57. The van der Waals surface area contributed by atoms with Crippen molar-refractivity contribution in [2.24, 2.45) is 5.92 Å². The van der Waals surface area contributed by atoms with Crippen LogP contribution in [0.25, 0.3) is 5.65 Å². The first-order valence-corrected chi connectivity index (χ1v) is 5.48. The lowest BCUT2D eigenvalue weighted by Gasteiger charge is -2.06. The second kappa shape index (κ2) is 4.57. The Labute approximate surface area is 99.6 Å². The lowest BCUT2D eigenvalue weighted by molar-refractivity contribution is 0.363. The van der Waals surface area contributed by atoms with Crippen molar-refractivity contribution in [1.82, 2.24) is 19.6 Å². The molecule has 2 rings (SSSR count). The summed E-state index contributed by atoms with van der Waals surface area (Å²) in [5.74, 6) is 2.30. The van der Waals surface area contributed by atoms with Crippen molar-refractivity contribution in [1.29, 1.82) is 0 Å². The van der Waals surface area contributed by atoms with E-state index < -0.39 is 0 Å². The molecule has 0 amide bonds. The van der Waals surface area contributed by atoms with Gasteiger partial charge in [0.25, 0.3) is 5.88 Å². The maximum absolute atomic E-state index is 5.17. The summed E-state index contributed by atoms with van der Waals surface area (Å²) in [5.41, 5.74) is 0.615. The Kier molecular flexibility index (Phi) is 3.12. The van der Waals surface area contributed by atoms with Gasteiger partial charge in [-0.3, -0.25) is 4.40 Å². The normalized spacial score (nSPS) is 11.1. The SMILES string of the molecule is COc1cn2c(CC(C)C)nnc2c(OC)n1. The average Bonchev–Trinajstić information content (AvgIpc) is 2.70. The molecule has 2 aromatic heterocycles. The van der Waals surface area contributed by atoms with E-state index >= 15 is 0 Å². The van der Waals surface area contributed by atoms with Gasteiger partial charge in [-0.2, -0.15) is 4.98 Å². The summed E-state index contributed by atoms with van der Waals surface area (Å²) in [6.07, 6.45) is 2.62. The first-order valence-electron chi connectivity index (χ1n) is 5.48. The molecule has 0 fully saturated rings. The third kappa shape index (κ3) is 2.15. The Bertz CT molecular complexity index is 521. The van der Waals surface area contributed by atoms with Crippen LogP contribution in [0, 0.1) is 5.92 Å². The lowest BCUT2D eigenvalue weighted by atomic mass is 10.1. The van der Waals surface area contributed by atoms with Gasteiger partial charge in [-0.05, 0) is 5.92 Å². The van der Waals surface area contributed by atoms with E-state index in [-0.39, 0.29) is 0 Å². The monoisotopic (exact) mass is 236 g/mol. The third-order valence-electron chi connectivity index (χ3n) is 2.40. The van der Waals surface area contributed by atoms with E-state index in [0.29, 0.717) is 23.3 Å². The zero-order chi connectivity index (χ0) is 12.4. The van der Waals surface area contributed by atoms with Crippen LogP contribution in [0.15, 0.2) is 6.20 Å². The minimum absolute atomic E-state index is 0.423. The zero-order valence-electron chi connectivity index (χ0n) is 10.5. The van der Waals surface area contributed by atoms with Gasteiger partial charge in [0.1, 0.15) is 5.82 Å². The number of fused-ring (bicyclic) bond motifs is 1. The van der Waals surface area contributed by atoms with Gasteiger partial charge >= 0.3 is 0 Å². The van der Waals surface area contributed by atoms with Gasteiger partial charge < -0.3 is 9.47 Å². The number of hydrogen-bond acceptors (Lipinski definition) is 5. The van der Waals surface area contributed by atoms with Gasteiger partial charge in [-0.15, -0.1) is 10.2 Å². The van der Waals surface area contributed by atoms with E-state index in [1.165, 1.54) is 0 Å². The molecule has 6 heteroatoms. The predicted octanol–water partition coefficient (Wildman–Crippen LogP) is 1.34. The second-order valence-corrected chi connectivity index (χ2v) is 4.20. The summed E-state index contributed by atoms with van der Waals surface area (Å²) < 4.78 is 12.2. The first-order chi connectivity index (χ1) is 8.15. The third-order valence-corrected chi connectivity index (χ3v) is 2.40. The number of nitrogens with zero attached hydrogens (tertiary/aromatic N) is 4. The van der Waals surface area contributed by atoms with Crippen LogP contribution in [0.1, 0.15) is 19.7 Å². The fourth-order valence-electron chi connectivity index (χ4n) is 1.63. The molecule has 17 heavy (non-hydrogen) atoms. The van der Waals surface area contributed by atoms with Gasteiger partial charge in [-0.1, -0.05) is 13.8 Å². The van der Waals surface area contributed by atoms with Crippen LogP contribution in [0.5, 0.6) is 11.8 Å². The smallest absolute Gasteiger partial charge is 0.263 e. The van der Waals surface area contributed by atoms with Crippen molar-refractivity contribution in [3.05, 3.63) is 12.0 Å². The molecule has 0 unspecified atom stereocenters. The van der Waals surface area contributed by atoms with Gasteiger partial charge in [0.2, 0.25) is 11.5 Å². The highest BCUT2D eigenvalue weighted by atomic mass is 16.5. The molecule has 0 saturated carbocycles. The van der Waals surface area contributed by atoms with Gasteiger partial charge in [0, 0.05) is 6.42 Å². The minimum Gasteiger partial charge on any atom is -0.480 e. The van der Waals surface area contributed by atoms with Crippen molar-refractivity contribution < 1.29 is 9.47 Å². The Morgan fingerprint density at radius 1 is 1.24 bits per heavy atom. The molecular formula is C11H16N4O2. The summed E-state index contributed by atoms with van der Waals surface area (Å²) in [4.78, 5) is 4.16. The van der Waals surface area contributed by atoms with Crippen LogP contribution >= 0.6 is 0 Å². The van der Waals surface area contributed by atoms with Crippen LogP contribution in [0.2, 0.25) is 0 Å². The van der Waals surface area contributed by atoms with Crippen molar-refractivity contribution in [3.8, 4) is 11.8 Å². The lowest BCUT2D eigenvalue weighted by Crippen LogP contribution is -2.03. The number of ether oxygens (including phenoxy) is 2. The molecule has 0 saturated heterocycles. The Morgan fingerprint density at radius 2 is 2.00 bits per heavy atom. The topological polar surface area (TPSA) is 61.5 Å². The largest absolute Gasteiger partial charge is 0.480 e.